The summed E-state index contributed by atoms with van der Waals surface area (Å²) in [6.45, 7) is 0. The number of rotatable bonds is 10. The quantitative estimate of drug-likeness (QED) is 0.217. The topological polar surface area (TPSA) is 0 Å². The van der Waals surface area contributed by atoms with Crippen LogP contribution in [-0.4, -0.2) is 47.8 Å². The molecule has 182 valence electrons. The van der Waals surface area contributed by atoms with Gasteiger partial charge in [-0.25, -0.2) is 13.2 Å². The first-order valence-corrected chi connectivity index (χ1v) is 9.08. The van der Waals surface area contributed by atoms with E-state index >= 15 is 0 Å². The molecule has 0 nitrogen and oxygen atoms in total. The Morgan fingerprint density at radius 2 is 0.967 bits per heavy atom. The molecule has 0 fully saturated rings. The monoisotopic (exact) mass is 500 g/mol. The van der Waals surface area contributed by atoms with Gasteiger partial charge in [0, 0.05) is 6.42 Å². The van der Waals surface area contributed by atoms with Crippen molar-refractivity contribution in [1.29, 1.82) is 0 Å². The fraction of sp³-hybridized carbons (Fsp3) is 1.00. The highest BCUT2D eigenvalue weighted by Gasteiger charge is 2.73. The minimum absolute atomic E-state index is 0.148. The Hall–Kier alpha value is -0.700. The molecule has 0 spiro atoms. The lowest BCUT2D eigenvalue weighted by Gasteiger charge is -2.33. The van der Waals surface area contributed by atoms with E-state index in [9.17, 15) is 65.9 Å². The van der Waals surface area contributed by atoms with E-state index in [1.54, 1.807) is 0 Å². The van der Waals surface area contributed by atoms with Crippen molar-refractivity contribution in [3.05, 3.63) is 0 Å². The van der Waals surface area contributed by atoms with Crippen molar-refractivity contribution in [1.82, 2.24) is 0 Å². The Morgan fingerprint density at radius 3 is 1.30 bits per heavy atom. The molecule has 0 heterocycles. The van der Waals surface area contributed by atoms with Crippen LogP contribution in [0, 0.1) is 5.92 Å². The SMILES string of the molecule is FCSCC(CCCCC(F)(C(F)(F)F)C(F)(F)F)CC(F)(C(F)(F)F)C(F)(F)F. The zero-order valence-corrected chi connectivity index (χ0v) is 15.4. The Labute approximate surface area is 164 Å². The van der Waals surface area contributed by atoms with Crippen LogP contribution >= 0.6 is 11.8 Å². The fourth-order valence-electron chi connectivity index (χ4n) is 2.49. The van der Waals surface area contributed by atoms with Crippen LogP contribution in [0.2, 0.25) is 0 Å². The van der Waals surface area contributed by atoms with Crippen molar-refractivity contribution in [2.45, 2.75) is 68.1 Å². The Balaban J connectivity index is 5.31. The minimum atomic E-state index is -6.43. The molecule has 0 radical (unpaired) electrons. The molecule has 16 heteroatoms. The van der Waals surface area contributed by atoms with Gasteiger partial charge >= 0.3 is 24.7 Å². The van der Waals surface area contributed by atoms with E-state index in [1.807, 2.05) is 0 Å². The van der Waals surface area contributed by atoms with Gasteiger partial charge in [0.25, 0.3) is 11.3 Å². The van der Waals surface area contributed by atoms with E-state index in [4.69, 9.17) is 0 Å². The van der Waals surface area contributed by atoms with Crippen LogP contribution in [0.4, 0.5) is 65.9 Å². The summed E-state index contributed by atoms with van der Waals surface area (Å²) in [4.78, 5) is 0. The maximum absolute atomic E-state index is 13.8. The first-order valence-electron chi connectivity index (χ1n) is 7.92. The van der Waals surface area contributed by atoms with Crippen LogP contribution < -0.4 is 0 Å². The molecule has 0 bridgehead atoms. The Kier molecular flexibility index (Phi) is 9.61. The molecular formula is C14H15F15S. The Bertz CT molecular complexity index is 487. The number of halogens is 15. The van der Waals surface area contributed by atoms with Crippen LogP contribution in [0.15, 0.2) is 0 Å². The summed E-state index contributed by atoms with van der Waals surface area (Å²) in [5.74, 6) is -2.74. The van der Waals surface area contributed by atoms with Gasteiger partial charge in [-0.2, -0.15) is 52.7 Å². The van der Waals surface area contributed by atoms with Gasteiger partial charge in [-0.3, -0.25) is 0 Å². The zero-order valence-electron chi connectivity index (χ0n) is 14.6. The number of hydrogen-bond donors (Lipinski definition) is 0. The van der Waals surface area contributed by atoms with Crippen molar-refractivity contribution < 1.29 is 65.9 Å². The van der Waals surface area contributed by atoms with E-state index in [1.165, 1.54) is 0 Å². The lowest BCUT2D eigenvalue weighted by Crippen LogP contribution is -2.54. The standard InChI is InChI=1S/C14H15F15S/c15-7-30-6-8(5-10(17,13(24,25)26)14(27,28)29)3-1-2-4-9(16,11(18,19)20)12(21,22)23/h8H,1-7H2. The second-order valence-electron chi connectivity index (χ2n) is 6.39. The van der Waals surface area contributed by atoms with Gasteiger partial charge < -0.3 is 0 Å². The molecular weight excluding hydrogens is 485 g/mol. The number of alkyl halides is 15. The van der Waals surface area contributed by atoms with Crippen LogP contribution in [0.25, 0.3) is 0 Å². The molecule has 0 aromatic rings. The molecule has 30 heavy (non-hydrogen) atoms. The third kappa shape index (κ3) is 6.90. The van der Waals surface area contributed by atoms with Crippen molar-refractivity contribution in [3.8, 4) is 0 Å². The third-order valence-electron chi connectivity index (χ3n) is 4.18. The average molecular weight is 500 g/mol. The molecule has 1 unspecified atom stereocenters. The second-order valence-corrected chi connectivity index (χ2v) is 7.35. The second kappa shape index (κ2) is 9.84. The molecule has 0 N–H and O–H groups in total. The predicted molar refractivity (Wildman–Crippen MR) is 76.9 cm³/mol. The molecule has 0 aliphatic rings. The molecule has 0 rings (SSSR count). The van der Waals surface area contributed by atoms with E-state index in [-0.39, 0.29) is 11.8 Å². The molecule has 0 aliphatic carbocycles. The average Bonchev–Trinajstić information content (AvgIpc) is 2.51. The lowest BCUT2D eigenvalue weighted by molar-refractivity contribution is -0.346. The lowest BCUT2D eigenvalue weighted by atomic mass is 9.87. The fourth-order valence-corrected chi connectivity index (χ4v) is 3.20. The number of thioether (sulfide) groups is 1. The first-order chi connectivity index (χ1) is 13.1. The Morgan fingerprint density at radius 1 is 0.567 bits per heavy atom. The number of hydrogen-bond acceptors (Lipinski definition) is 1. The van der Waals surface area contributed by atoms with Gasteiger partial charge in [-0.05, 0) is 30.9 Å². The molecule has 1 atom stereocenters. The van der Waals surface area contributed by atoms with Gasteiger partial charge in [0.2, 0.25) is 0 Å². The van der Waals surface area contributed by atoms with Crippen molar-refractivity contribution in [2.24, 2.45) is 5.92 Å². The van der Waals surface area contributed by atoms with Crippen LogP contribution in [0.5, 0.6) is 0 Å². The van der Waals surface area contributed by atoms with Crippen molar-refractivity contribution in [3.63, 3.8) is 0 Å². The van der Waals surface area contributed by atoms with Crippen molar-refractivity contribution in [2.75, 3.05) is 11.8 Å². The van der Waals surface area contributed by atoms with Gasteiger partial charge in [0.15, 0.2) is 0 Å². The highest BCUT2D eigenvalue weighted by Crippen LogP contribution is 2.51. The molecule has 0 saturated heterocycles. The molecule has 0 aliphatic heterocycles. The molecule has 0 aromatic carbocycles. The van der Waals surface area contributed by atoms with E-state index in [0.717, 1.165) is 0 Å². The summed E-state index contributed by atoms with van der Waals surface area (Å²) in [7, 11) is 0. The largest absolute Gasteiger partial charge is 0.431 e. The highest BCUT2D eigenvalue weighted by atomic mass is 32.2. The summed E-state index contributed by atoms with van der Waals surface area (Å²) in [5.41, 5.74) is -11.4. The van der Waals surface area contributed by atoms with Crippen LogP contribution in [-0.2, 0) is 0 Å². The van der Waals surface area contributed by atoms with E-state index in [0.29, 0.717) is 0 Å². The molecule has 0 aromatic heterocycles. The maximum atomic E-state index is 13.8. The predicted octanol–water partition coefficient (Wildman–Crippen LogP) is 7.88. The summed E-state index contributed by atoms with van der Waals surface area (Å²) in [6, 6.07) is -1.30. The van der Waals surface area contributed by atoms with Gasteiger partial charge in [-0.15, -0.1) is 11.8 Å². The third-order valence-corrected chi connectivity index (χ3v) is 5.04. The summed E-state index contributed by atoms with van der Waals surface area (Å²) < 4.78 is 189. The summed E-state index contributed by atoms with van der Waals surface area (Å²) in [6.07, 6.45) is -33.1. The summed E-state index contributed by atoms with van der Waals surface area (Å²) >= 11 is 0.148. The zero-order chi connectivity index (χ0) is 24.2. The molecule has 0 amide bonds. The molecule has 0 saturated carbocycles. The van der Waals surface area contributed by atoms with Crippen LogP contribution in [0.1, 0.15) is 32.1 Å². The first kappa shape index (κ1) is 29.3. The summed E-state index contributed by atoms with van der Waals surface area (Å²) in [5, 5.41) is 0. The van der Waals surface area contributed by atoms with Gasteiger partial charge in [0.1, 0.15) is 6.01 Å². The maximum Gasteiger partial charge on any atom is 0.431 e. The normalized spacial score (nSPS) is 16.1. The number of unbranched alkanes of at least 4 members (excludes halogenated alkanes) is 1. The van der Waals surface area contributed by atoms with E-state index in [2.05, 4.69) is 0 Å². The van der Waals surface area contributed by atoms with Crippen molar-refractivity contribution >= 4 is 11.8 Å². The van der Waals surface area contributed by atoms with Gasteiger partial charge in [-0.1, -0.05) is 6.42 Å². The highest BCUT2D eigenvalue weighted by molar-refractivity contribution is 7.99. The van der Waals surface area contributed by atoms with Gasteiger partial charge in [0.05, 0.1) is 0 Å². The van der Waals surface area contributed by atoms with E-state index < -0.39 is 85.8 Å². The smallest absolute Gasteiger partial charge is 0.239 e. The van der Waals surface area contributed by atoms with Crippen LogP contribution in [0.3, 0.4) is 0 Å². The minimum Gasteiger partial charge on any atom is -0.239 e.